The number of carbonyl (C=O) groups excluding carboxylic acids is 1. The number of hydrogen-bond acceptors (Lipinski definition) is 2. The van der Waals surface area contributed by atoms with Crippen LogP contribution in [-0.4, -0.2) is 22.3 Å². The molecule has 20 heavy (non-hydrogen) atoms. The largest absolute Gasteiger partial charge is 0.350 e. The molecule has 0 fully saturated rings. The fraction of sp³-hybridized carbons (Fsp3) is 0.188. The van der Waals surface area contributed by atoms with Crippen LogP contribution in [0.5, 0.6) is 0 Å². The van der Waals surface area contributed by atoms with Crippen LogP contribution in [-0.2, 0) is 13.0 Å². The number of benzene rings is 1. The summed E-state index contributed by atoms with van der Waals surface area (Å²) in [5.74, 6) is 0.0999. The summed E-state index contributed by atoms with van der Waals surface area (Å²) in [7, 11) is 0. The van der Waals surface area contributed by atoms with E-state index in [0.29, 0.717) is 12.2 Å². The van der Waals surface area contributed by atoms with Crippen LogP contribution in [0.2, 0.25) is 0 Å². The van der Waals surface area contributed by atoms with Crippen LogP contribution in [0.15, 0.2) is 41.8 Å². The van der Waals surface area contributed by atoms with Crippen LogP contribution in [0.25, 0.3) is 10.2 Å². The lowest BCUT2D eigenvalue weighted by Crippen LogP contribution is -2.36. The molecule has 0 aliphatic carbocycles. The molecule has 3 heterocycles. The van der Waals surface area contributed by atoms with E-state index < -0.39 is 0 Å². The summed E-state index contributed by atoms with van der Waals surface area (Å²) in [5, 5.41) is 2.03. The van der Waals surface area contributed by atoms with Gasteiger partial charge < -0.3 is 9.88 Å². The van der Waals surface area contributed by atoms with E-state index in [-0.39, 0.29) is 5.91 Å². The first-order chi connectivity index (χ1) is 9.81. The van der Waals surface area contributed by atoms with Gasteiger partial charge in [-0.15, -0.1) is 11.3 Å². The van der Waals surface area contributed by atoms with Crippen LogP contribution in [0.4, 0.5) is 0 Å². The summed E-state index contributed by atoms with van der Waals surface area (Å²) in [6.45, 7) is 1.50. The Balaban J connectivity index is 1.62. The number of nitrogens with zero attached hydrogens (tertiary/aromatic N) is 1. The van der Waals surface area contributed by atoms with Crippen molar-refractivity contribution in [1.29, 1.82) is 0 Å². The van der Waals surface area contributed by atoms with Crippen molar-refractivity contribution >= 4 is 27.5 Å². The lowest BCUT2D eigenvalue weighted by Gasteiger charge is -2.28. The number of carbonyl (C=O) groups is 1. The maximum atomic E-state index is 12.6. The highest BCUT2D eigenvalue weighted by Gasteiger charge is 2.22. The summed E-state index contributed by atoms with van der Waals surface area (Å²) in [6, 6.07) is 12.3. The average Bonchev–Trinajstić information content (AvgIpc) is 3.07. The summed E-state index contributed by atoms with van der Waals surface area (Å²) in [5.41, 5.74) is 4.38. The molecular weight excluding hydrogens is 268 g/mol. The Labute approximate surface area is 120 Å². The highest BCUT2D eigenvalue weighted by atomic mass is 32.1. The van der Waals surface area contributed by atoms with E-state index in [9.17, 15) is 4.79 Å². The van der Waals surface area contributed by atoms with Crippen molar-refractivity contribution in [1.82, 2.24) is 9.88 Å². The number of fused-ring (bicyclic) bond motifs is 2. The molecule has 4 heteroatoms. The molecule has 1 aliphatic heterocycles. The van der Waals surface area contributed by atoms with Gasteiger partial charge in [0.2, 0.25) is 0 Å². The van der Waals surface area contributed by atoms with Gasteiger partial charge >= 0.3 is 0 Å². The molecule has 3 aromatic rings. The number of amides is 1. The van der Waals surface area contributed by atoms with Gasteiger partial charge in [0.1, 0.15) is 5.69 Å². The van der Waals surface area contributed by atoms with E-state index in [1.165, 1.54) is 11.1 Å². The molecule has 100 valence electrons. The van der Waals surface area contributed by atoms with Crippen molar-refractivity contribution in [3.8, 4) is 0 Å². The molecule has 1 aromatic carbocycles. The molecule has 4 rings (SSSR count). The van der Waals surface area contributed by atoms with Gasteiger partial charge in [-0.05, 0) is 35.1 Å². The second-order valence-electron chi connectivity index (χ2n) is 5.13. The lowest BCUT2D eigenvalue weighted by molar-refractivity contribution is 0.0730. The SMILES string of the molecule is O=C(c1cc2sccc2[nH]1)N1CCc2ccccc2C1. The molecule has 0 unspecified atom stereocenters. The minimum Gasteiger partial charge on any atom is -0.350 e. The number of H-pyrrole nitrogens is 1. The molecule has 0 bridgehead atoms. The smallest absolute Gasteiger partial charge is 0.270 e. The van der Waals surface area contributed by atoms with E-state index in [1.54, 1.807) is 11.3 Å². The summed E-state index contributed by atoms with van der Waals surface area (Å²) < 4.78 is 1.14. The van der Waals surface area contributed by atoms with Gasteiger partial charge in [0.25, 0.3) is 5.91 Å². The summed E-state index contributed by atoms with van der Waals surface area (Å²) >= 11 is 1.66. The van der Waals surface area contributed by atoms with Gasteiger partial charge in [-0.3, -0.25) is 4.79 Å². The monoisotopic (exact) mass is 282 g/mol. The van der Waals surface area contributed by atoms with Gasteiger partial charge in [-0.2, -0.15) is 0 Å². The molecular formula is C16H14N2OS. The Morgan fingerprint density at radius 1 is 1.20 bits per heavy atom. The predicted octanol–water partition coefficient (Wildman–Crippen LogP) is 3.43. The maximum Gasteiger partial charge on any atom is 0.270 e. The Kier molecular flexibility index (Phi) is 2.63. The molecule has 1 N–H and O–H groups in total. The average molecular weight is 282 g/mol. The fourth-order valence-electron chi connectivity index (χ4n) is 2.80. The zero-order chi connectivity index (χ0) is 13.5. The molecule has 0 saturated carbocycles. The molecule has 3 nitrogen and oxygen atoms in total. The van der Waals surface area contributed by atoms with Crippen molar-refractivity contribution in [2.24, 2.45) is 0 Å². The minimum atomic E-state index is 0.0999. The van der Waals surface area contributed by atoms with Crippen LogP contribution in [0.3, 0.4) is 0 Å². The normalized spacial score (nSPS) is 14.5. The van der Waals surface area contributed by atoms with Crippen LogP contribution >= 0.6 is 11.3 Å². The standard InChI is InChI=1S/C16H14N2OS/c19-16(14-9-15-13(17-14)6-8-20-15)18-7-5-11-3-1-2-4-12(11)10-18/h1-4,6,8-9,17H,5,7,10H2. The third-order valence-corrected chi connectivity index (χ3v) is 4.75. The zero-order valence-corrected chi connectivity index (χ0v) is 11.7. The van der Waals surface area contributed by atoms with Gasteiger partial charge in [-0.1, -0.05) is 24.3 Å². The first-order valence-electron chi connectivity index (χ1n) is 6.73. The summed E-state index contributed by atoms with van der Waals surface area (Å²) in [4.78, 5) is 17.7. The van der Waals surface area contributed by atoms with E-state index in [2.05, 4.69) is 23.2 Å². The molecule has 0 radical (unpaired) electrons. The quantitative estimate of drug-likeness (QED) is 0.729. The Bertz CT molecular complexity index is 758. The zero-order valence-electron chi connectivity index (χ0n) is 10.9. The third-order valence-electron chi connectivity index (χ3n) is 3.89. The van der Waals surface area contributed by atoms with Gasteiger partial charge in [0.05, 0.1) is 10.2 Å². The maximum absolute atomic E-state index is 12.6. The van der Waals surface area contributed by atoms with Crippen molar-refractivity contribution in [2.45, 2.75) is 13.0 Å². The number of nitrogens with one attached hydrogen (secondary N) is 1. The van der Waals surface area contributed by atoms with E-state index in [0.717, 1.165) is 23.2 Å². The van der Waals surface area contributed by atoms with E-state index in [1.807, 2.05) is 28.5 Å². The Morgan fingerprint density at radius 3 is 2.90 bits per heavy atom. The number of rotatable bonds is 1. The predicted molar refractivity (Wildman–Crippen MR) is 81.1 cm³/mol. The number of thiophene rings is 1. The van der Waals surface area contributed by atoms with Crippen molar-refractivity contribution in [3.05, 3.63) is 58.6 Å². The van der Waals surface area contributed by atoms with Crippen LogP contribution in [0.1, 0.15) is 21.6 Å². The number of aromatic amines is 1. The molecule has 0 atom stereocenters. The van der Waals surface area contributed by atoms with Crippen LogP contribution < -0.4 is 0 Å². The second-order valence-corrected chi connectivity index (χ2v) is 6.07. The summed E-state index contributed by atoms with van der Waals surface area (Å²) in [6.07, 6.45) is 0.941. The lowest BCUT2D eigenvalue weighted by atomic mass is 10.00. The number of aromatic nitrogens is 1. The van der Waals surface area contributed by atoms with Crippen molar-refractivity contribution < 1.29 is 4.79 Å². The molecule has 0 spiro atoms. The minimum absolute atomic E-state index is 0.0999. The van der Waals surface area contributed by atoms with Crippen LogP contribution in [0, 0.1) is 0 Å². The second kappa shape index (κ2) is 4.49. The Morgan fingerprint density at radius 2 is 2.05 bits per heavy atom. The van der Waals surface area contributed by atoms with Gasteiger partial charge in [0.15, 0.2) is 0 Å². The van der Waals surface area contributed by atoms with Crippen molar-refractivity contribution in [3.63, 3.8) is 0 Å². The molecule has 1 aliphatic rings. The Hall–Kier alpha value is -2.07. The highest BCUT2D eigenvalue weighted by Crippen LogP contribution is 2.24. The molecule has 1 amide bonds. The third kappa shape index (κ3) is 1.84. The highest BCUT2D eigenvalue weighted by molar-refractivity contribution is 7.17. The van der Waals surface area contributed by atoms with E-state index in [4.69, 9.17) is 0 Å². The van der Waals surface area contributed by atoms with Crippen molar-refractivity contribution in [2.75, 3.05) is 6.54 Å². The first kappa shape index (κ1) is 11.7. The topological polar surface area (TPSA) is 36.1 Å². The van der Waals surface area contributed by atoms with Gasteiger partial charge in [-0.25, -0.2) is 0 Å². The van der Waals surface area contributed by atoms with E-state index >= 15 is 0 Å². The number of hydrogen-bond donors (Lipinski definition) is 1. The molecule has 2 aromatic heterocycles. The first-order valence-corrected chi connectivity index (χ1v) is 7.61. The van der Waals surface area contributed by atoms with Gasteiger partial charge in [0, 0.05) is 13.1 Å². The fourth-order valence-corrected chi connectivity index (χ4v) is 3.59. The molecule has 0 saturated heterocycles.